The Labute approximate surface area is 104 Å². The van der Waals surface area contributed by atoms with E-state index in [1.807, 2.05) is 0 Å². The van der Waals surface area contributed by atoms with Crippen molar-refractivity contribution in [3.8, 4) is 0 Å². The lowest BCUT2D eigenvalue weighted by Gasteiger charge is -2.27. The van der Waals surface area contributed by atoms with Crippen molar-refractivity contribution in [2.24, 2.45) is 11.8 Å². The predicted octanol–water partition coefficient (Wildman–Crippen LogP) is 3.54. The Hall–Kier alpha value is -0.480. The van der Waals surface area contributed by atoms with E-state index in [2.05, 4.69) is 0 Å². The van der Waals surface area contributed by atoms with E-state index >= 15 is 0 Å². The van der Waals surface area contributed by atoms with Crippen LogP contribution in [0.1, 0.15) is 25.7 Å². The summed E-state index contributed by atoms with van der Waals surface area (Å²) >= 11 is 10.2. The van der Waals surface area contributed by atoms with Crippen molar-refractivity contribution in [2.75, 3.05) is 13.2 Å². The van der Waals surface area contributed by atoms with Gasteiger partial charge >= 0.3 is 10.9 Å². The van der Waals surface area contributed by atoms with Crippen molar-refractivity contribution in [3.63, 3.8) is 0 Å². The fourth-order valence-corrected chi connectivity index (χ4v) is 2.06. The van der Waals surface area contributed by atoms with Crippen LogP contribution in [0.5, 0.6) is 0 Å². The first-order chi connectivity index (χ1) is 7.58. The molecule has 1 aliphatic rings. The largest absolute Gasteiger partial charge is 0.453 e. The van der Waals surface area contributed by atoms with Gasteiger partial charge in [-0.3, -0.25) is 0 Å². The second-order valence-electron chi connectivity index (χ2n) is 3.98. The molecule has 1 saturated carbocycles. The van der Waals surface area contributed by atoms with E-state index in [0.717, 1.165) is 25.7 Å². The summed E-state index contributed by atoms with van der Waals surface area (Å²) in [5, 5.41) is 0. The van der Waals surface area contributed by atoms with Gasteiger partial charge < -0.3 is 9.47 Å². The molecule has 16 heavy (non-hydrogen) atoms. The molecule has 92 valence electrons. The molecule has 1 aliphatic carbocycles. The Bertz CT molecular complexity index is 223. The Morgan fingerprint density at radius 2 is 1.19 bits per heavy atom. The first-order valence-electron chi connectivity index (χ1n) is 5.22. The van der Waals surface area contributed by atoms with E-state index in [1.54, 1.807) is 0 Å². The van der Waals surface area contributed by atoms with E-state index in [1.165, 1.54) is 0 Å². The number of carbonyl (C=O) groups is 2. The highest BCUT2D eigenvalue weighted by atomic mass is 35.5. The Balaban J connectivity index is 2.13. The quantitative estimate of drug-likeness (QED) is 0.732. The summed E-state index contributed by atoms with van der Waals surface area (Å²) < 4.78 is 9.47. The maximum absolute atomic E-state index is 10.4. The number of hydrogen-bond donors (Lipinski definition) is 0. The molecule has 1 rings (SSSR count). The fraction of sp³-hybridized carbons (Fsp3) is 0.800. The van der Waals surface area contributed by atoms with Crippen LogP contribution in [0.4, 0.5) is 9.59 Å². The van der Waals surface area contributed by atoms with Crippen LogP contribution in [0.25, 0.3) is 0 Å². The number of hydrogen-bond acceptors (Lipinski definition) is 4. The summed E-state index contributed by atoms with van der Waals surface area (Å²) in [5.41, 5.74) is -1.50. The fourth-order valence-electron chi connectivity index (χ4n) is 1.93. The van der Waals surface area contributed by atoms with Gasteiger partial charge in [0.15, 0.2) is 0 Å². The standard InChI is InChI=1S/C10H14Cl2O4/c11-9(13)15-5-7-1-2-8(4-3-7)6-16-10(12)14/h7-8H,1-6H2. The molecule has 0 bridgehead atoms. The van der Waals surface area contributed by atoms with Crippen LogP contribution in [0, 0.1) is 11.8 Å². The molecule has 0 aromatic heterocycles. The highest BCUT2D eigenvalue weighted by Gasteiger charge is 2.22. The average Bonchev–Trinajstić information content (AvgIpc) is 2.25. The molecule has 6 heteroatoms. The van der Waals surface area contributed by atoms with Crippen molar-refractivity contribution in [2.45, 2.75) is 25.7 Å². The van der Waals surface area contributed by atoms with Gasteiger partial charge in [0.1, 0.15) is 0 Å². The lowest BCUT2D eigenvalue weighted by atomic mass is 9.83. The zero-order valence-corrected chi connectivity index (χ0v) is 10.3. The summed E-state index contributed by atoms with van der Waals surface area (Å²) in [7, 11) is 0. The van der Waals surface area contributed by atoms with Gasteiger partial charge in [-0.05, 0) is 37.5 Å². The highest BCUT2D eigenvalue weighted by Crippen LogP contribution is 2.29. The molecular weight excluding hydrogens is 255 g/mol. The number of carbonyl (C=O) groups excluding carboxylic acids is 2. The maximum atomic E-state index is 10.4. The van der Waals surface area contributed by atoms with Gasteiger partial charge in [0.25, 0.3) is 0 Å². The van der Waals surface area contributed by atoms with E-state index in [4.69, 9.17) is 32.7 Å². The SMILES string of the molecule is O=C(Cl)OCC1CCC(COC(=O)Cl)CC1. The molecule has 1 fully saturated rings. The van der Waals surface area contributed by atoms with Gasteiger partial charge in [0.05, 0.1) is 13.2 Å². The van der Waals surface area contributed by atoms with Crippen LogP contribution < -0.4 is 0 Å². The number of halogens is 2. The van der Waals surface area contributed by atoms with Gasteiger partial charge in [-0.2, -0.15) is 0 Å². The third-order valence-electron chi connectivity index (χ3n) is 2.83. The van der Waals surface area contributed by atoms with Crippen LogP contribution in [-0.4, -0.2) is 24.1 Å². The smallest absolute Gasteiger partial charge is 0.403 e. The Kier molecular flexibility index (Phi) is 5.91. The summed E-state index contributed by atoms with van der Waals surface area (Å²) in [6.45, 7) is 0.759. The number of rotatable bonds is 4. The zero-order valence-electron chi connectivity index (χ0n) is 8.79. The molecular formula is C10H14Cl2O4. The zero-order chi connectivity index (χ0) is 12.0. The van der Waals surface area contributed by atoms with Crippen molar-refractivity contribution in [1.82, 2.24) is 0 Å². The van der Waals surface area contributed by atoms with E-state index in [0.29, 0.717) is 25.0 Å². The molecule has 0 aromatic carbocycles. The summed E-state index contributed by atoms with van der Waals surface area (Å²) in [6, 6.07) is 0. The van der Waals surface area contributed by atoms with Gasteiger partial charge in [0, 0.05) is 23.2 Å². The van der Waals surface area contributed by atoms with Crippen molar-refractivity contribution < 1.29 is 19.1 Å². The van der Waals surface area contributed by atoms with E-state index < -0.39 is 10.9 Å². The van der Waals surface area contributed by atoms with Gasteiger partial charge in [0.2, 0.25) is 0 Å². The molecule has 0 saturated heterocycles. The number of ether oxygens (including phenoxy) is 2. The molecule has 4 nitrogen and oxygen atoms in total. The van der Waals surface area contributed by atoms with Crippen LogP contribution in [-0.2, 0) is 9.47 Å². The van der Waals surface area contributed by atoms with Gasteiger partial charge in [-0.25, -0.2) is 9.59 Å². The summed E-state index contributed by atoms with van der Waals surface area (Å²) in [6.07, 6.45) is 3.81. The minimum absolute atomic E-state index is 0.366. The van der Waals surface area contributed by atoms with Crippen molar-refractivity contribution in [1.29, 1.82) is 0 Å². The van der Waals surface area contributed by atoms with Gasteiger partial charge in [-0.1, -0.05) is 0 Å². The van der Waals surface area contributed by atoms with E-state index in [-0.39, 0.29) is 0 Å². The maximum Gasteiger partial charge on any atom is 0.403 e. The minimum atomic E-state index is -0.752. The molecule has 0 spiro atoms. The molecule has 0 unspecified atom stereocenters. The monoisotopic (exact) mass is 268 g/mol. The average molecular weight is 269 g/mol. The van der Waals surface area contributed by atoms with Gasteiger partial charge in [-0.15, -0.1) is 0 Å². The Morgan fingerprint density at radius 1 is 0.875 bits per heavy atom. The van der Waals surface area contributed by atoms with Crippen LogP contribution >= 0.6 is 23.2 Å². The predicted molar refractivity (Wildman–Crippen MR) is 59.9 cm³/mol. The summed E-state index contributed by atoms with van der Waals surface area (Å²) in [5.74, 6) is 0.733. The molecule has 0 aromatic rings. The first kappa shape index (κ1) is 13.6. The highest BCUT2D eigenvalue weighted by molar-refractivity contribution is 6.61. The van der Waals surface area contributed by atoms with Crippen LogP contribution in [0.3, 0.4) is 0 Å². The van der Waals surface area contributed by atoms with E-state index in [9.17, 15) is 9.59 Å². The lowest BCUT2D eigenvalue weighted by molar-refractivity contribution is 0.103. The van der Waals surface area contributed by atoms with Crippen molar-refractivity contribution in [3.05, 3.63) is 0 Å². The minimum Gasteiger partial charge on any atom is -0.453 e. The molecule has 0 N–H and O–H groups in total. The first-order valence-corrected chi connectivity index (χ1v) is 5.98. The van der Waals surface area contributed by atoms with Crippen LogP contribution in [0.15, 0.2) is 0 Å². The third-order valence-corrected chi connectivity index (χ3v) is 3.05. The second-order valence-corrected chi connectivity index (χ2v) is 4.60. The third kappa shape index (κ3) is 5.56. The topological polar surface area (TPSA) is 52.6 Å². The summed E-state index contributed by atoms with van der Waals surface area (Å²) in [4.78, 5) is 20.8. The lowest BCUT2D eigenvalue weighted by Crippen LogP contribution is -2.22. The molecule has 0 atom stereocenters. The molecule has 0 aliphatic heterocycles. The molecule has 0 amide bonds. The second kappa shape index (κ2) is 6.97. The van der Waals surface area contributed by atoms with Crippen LogP contribution in [0.2, 0.25) is 0 Å². The Morgan fingerprint density at radius 3 is 1.44 bits per heavy atom. The van der Waals surface area contributed by atoms with Crippen molar-refractivity contribution >= 4 is 34.1 Å². The molecule has 0 heterocycles. The molecule has 0 radical (unpaired) electrons. The normalized spacial score (nSPS) is 24.9.